The summed E-state index contributed by atoms with van der Waals surface area (Å²) in [5, 5.41) is 0. The van der Waals surface area contributed by atoms with Crippen molar-refractivity contribution in [2.24, 2.45) is 0 Å². The van der Waals surface area contributed by atoms with E-state index in [2.05, 4.69) is 11.1 Å². The van der Waals surface area contributed by atoms with E-state index in [1.54, 1.807) is 0 Å². The van der Waals surface area contributed by atoms with Crippen LogP contribution in [-0.4, -0.2) is 32.2 Å². The van der Waals surface area contributed by atoms with E-state index in [0.29, 0.717) is 6.61 Å². The van der Waals surface area contributed by atoms with E-state index in [1.165, 1.54) is 32.1 Å². The van der Waals surface area contributed by atoms with E-state index < -0.39 is 10.4 Å². The minimum absolute atomic E-state index is 0. The van der Waals surface area contributed by atoms with Gasteiger partial charge in [-0.1, -0.05) is 51.9 Å². The number of carbonyl (C=O) groups is 1. The van der Waals surface area contributed by atoms with Crippen molar-refractivity contribution >= 4 is 16.4 Å². The molecular formula is C14H27NaO6S. The molecule has 0 aliphatic heterocycles. The number of ether oxygens (including phenoxy) is 1. The van der Waals surface area contributed by atoms with Crippen LogP contribution in [0.5, 0.6) is 0 Å². The van der Waals surface area contributed by atoms with Crippen LogP contribution in [0, 0.1) is 0 Å². The van der Waals surface area contributed by atoms with Crippen LogP contribution in [0.15, 0.2) is 0 Å². The molecule has 0 fully saturated rings. The van der Waals surface area contributed by atoms with Crippen molar-refractivity contribution in [3.8, 4) is 0 Å². The molecule has 0 rings (SSSR count). The Morgan fingerprint density at radius 2 is 1.45 bits per heavy atom. The number of carbonyl (C=O) groups excluding carboxylic acids is 1. The molecule has 0 saturated heterocycles. The maximum Gasteiger partial charge on any atom is 1.00 e. The van der Waals surface area contributed by atoms with Gasteiger partial charge in [0.2, 0.25) is 10.4 Å². The topological polar surface area (TPSA) is 92.7 Å². The Bertz CT molecular complexity index is 358. The number of hydrogen-bond donors (Lipinski definition) is 0. The van der Waals surface area contributed by atoms with Gasteiger partial charge in [0, 0.05) is 6.42 Å². The van der Waals surface area contributed by atoms with Crippen molar-refractivity contribution in [1.82, 2.24) is 0 Å². The van der Waals surface area contributed by atoms with Gasteiger partial charge in [0.1, 0.15) is 0 Å². The Hall–Kier alpha value is 0.340. The molecule has 0 heterocycles. The first kappa shape index (κ1) is 24.6. The Morgan fingerprint density at radius 1 is 0.909 bits per heavy atom. The fourth-order valence-electron chi connectivity index (χ4n) is 1.87. The van der Waals surface area contributed by atoms with Gasteiger partial charge in [-0.15, -0.1) is 0 Å². The second-order valence-electron chi connectivity index (χ2n) is 5.03. The van der Waals surface area contributed by atoms with Crippen LogP contribution in [-0.2, 0) is 24.1 Å². The minimum Gasteiger partial charge on any atom is -0.726 e. The smallest absolute Gasteiger partial charge is 0.726 e. The summed E-state index contributed by atoms with van der Waals surface area (Å²) in [4.78, 5) is 11.3. The molecule has 0 aliphatic carbocycles. The van der Waals surface area contributed by atoms with Crippen LogP contribution >= 0.6 is 0 Å². The van der Waals surface area contributed by atoms with Crippen molar-refractivity contribution in [3.05, 3.63) is 0 Å². The summed E-state index contributed by atoms with van der Waals surface area (Å²) in [6, 6.07) is 0. The summed E-state index contributed by atoms with van der Waals surface area (Å²) < 4.78 is 39.4. The van der Waals surface area contributed by atoms with Crippen molar-refractivity contribution < 1.29 is 56.2 Å². The van der Waals surface area contributed by atoms with Crippen molar-refractivity contribution in [3.63, 3.8) is 0 Å². The predicted molar refractivity (Wildman–Crippen MR) is 78.5 cm³/mol. The van der Waals surface area contributed by atoms with Gasteiger partial charge >= 0.3 is 35.5 Å². The van der Waals surface area contributed by atoms with Crippen molar-refractivity contribution in [2.75, 3.05) is 13.2 Å². The molecule has 0 amide bonds. The first-order chi connectivity index (χ1) is 9.95. The van der Waals surface area contributed by atoms with Crippen LogP contribution < -0.4 is 29.6 Å². The zero-order chi connectivity index (χ0) is 16.0. The molecule has 0 bridgehead atoms. The molecule has 0 aromatic carbocycles. The molecule has 22 heavy (non-hydrogen) atoms. The molecule has 0 unspecified atom stereocenters. The second kappa shape index (κ2) is 16.2. The summed E-state index contributed by atoms with van der Waals surface area (Å²) in [5.74, 6) is -0.384. The summed E-state index contributed by atoms with van der Waals surface area (Å²) in [5.41, 5.74) is 0. The van der Waals surface area contributed by atoms with Gasteiger partial charge in [-0.25, -0.2) is 8.42 Å². The van der Waals surface area contributed by atoms with E-state index in [9.17, 15) is 17.8 Å². The molecule has 0 N–H and O–H groups in total. The molecule has 0 spiro atoms. The van der Waals surface area contributed by atoms with Crippen LogP contribution in [0.25, 0.3) is 0 Å². The molecule has 6 nitrogen and oxygen atoms in total. The average molecular weight is 346 g/mol. The summed E-state index contributed by atoms with van der Waals surface area (Å²) in [6.07, 6.45) is 9.65. The Kier molecular flexibility index (Phi) is 18.1. The Morgan fingerprint density at radius 3 is 2.00 bits per heavy atom. The van der Waals surface area contributed by atoms with E-state index >= 15 is 0 Å². The third-order valence-electron chi connectivity index (χ3n) is 3.01. The fraction of sp³-hybridized carbons (Fsp3) is 0.929. The number of rotatable bonds is 14. The standard InChI is InChI=1S/C14H28O6S.Na/c1-2-3-4-5-6-7-8-9-12-19-14(15)11-10-13-20-21(16,17)18;/h2-13H2,1H3,(H,16,17,18);/q;+1/p-1. The predicted octanol–water partition coefficient (Wildman–Crippen LogP) is -0.0687. The average Bonchev–Trinajstić information content (AvgIpc) is 2.41. The maximum absolute atomic E-state index is 11.3. The number of esters is 1. The van der Waals surface area contributed by atoms with Crippen LogP contribution in [0.1, 0.15) is 71.1 Å². The zero-order valence-corrected chi connectivity index (χ0v) is 16.7. The number of hydrogen-bond acceptors (Lipinski definition) is 6. The SMILES string of the molecule is CCCCCCCCCCOC(=O)CCCOS(=O)(=O)[O-].[Na+]. The first-order valence-corrected chi connectivity index (χ1v) is 9.05. The largest absolute Gasteiger partial charge is 1.00 e. The van der Waals surface area contributed by atoms with E-state index in [-0.39, 0.29) is 55.0 Å². The normalized spacial score (nSPS) is 11.0. The van der Waals surface area contributed by atoms with Gasteiger partial charge in [0.15, 0.2) is 0 Å². The summed E-state index contributed by atoms with van der Waals surface area (Å²) in [7, 11) is -4.66. The van der Waals surface area contributed by atoms with Gasteiger partial charge in [0.05, 0.1) is 13.2 Å². The Labute approximate surface area is 156 Å². The molecule has 0 saturated carbocycles. The monoisotopic (exact) mass is 346 g/mol. The van der Waals surface area contributed by atoms with E-state index in [0.717, 1.165) is 19.3 Å². The minimum atomic E-state index is -4.66. The molecule has 0 aromatic heterocycles. The van der Waals surface area contributed by atoms with Gasteiger partial charge < -0.3 is 9.29 Å². The van der Waals surface area contributed by atoms with E-state index in [1.807, 2.05) is 0 Å². The van der Waals surface area contributed by atoms with Gasteiger partial charge in [0.25, 0.3) is 0 Å². The number of unbranched alkanes of at least 4 members (excludes halogenated alkanes) is 7. The molecule has 8 heteroatoms. The summed E-state index contributed by atoms with van der Waals surface area (Å²) >= 11 is 0. The van der Waals surface area contributed by atoms with Crippen LogP contribution in [0.2, 0.25) is 0 Å². The molecule has 126 valence electrons. The molecule has 0 aromatic rings. The Balaban J connectivity index is 0. The molecule has 0 atom stereocenters. The fourth-order valence-corrected chi connectivity index (χ4v) is 2.19. The third-order valence-corrected chi connectivity index (χ3v) is 3.47. The van der Waals surface area contributed by atoms with Gasteiger partial charge in [-0.3, -0.25) is 8.98 Å². The molecule has 0 radical (unpaired) electrons. The first-order valence-electron chi connectivity index (χ1n) is 7.71. The summed E-state index contributed by atoms with van der Waals surface area (Å²) in [6.45, 7) is 2.31. The van der Waals surface area contributed by atoms with Crippen LogP contribution in [0.4, 0.5) is 0 Å². The van der Waals surface area contributed by atoms with E-state index in [4.69, 9.17) is 4.74 Å². The molecular weight excluding hydrogens is 319 g/mol. The quantitative estimate of drug-likeness (QED) is 0.144. The van der Waals surface area contributed by atoms with Crippen molar-refractivity contribution in [1.29, 1.82) is 0 Å². The zero-order valence-electron chi connectivity index (χ0n) is 13.8. The molecule has 0 aliphatic rings. The van der Waals surface area contributed by atoms with Gasteiger partial charge in [-0.05, 0) is 12.8 Å². The van der Waals surface area contributed by atoms with Gasteiger partial charge in [-0.2, -0.15) is 0 Å². The maximum atomic E-state index is 11.3. The second-order valence-corrected chi connectivity index (χ2v) is 6.08. The van der Waals surface area contributed by atoms with Crippen LogP contribution in [0.3, 0.4) is 0 Å². The van der Waals surface area contributed by atoms with Crippen molar-refractivity contribution in [2.45, 2.75) is 71.1 Å². The third kappa shape index (κ3) is 20.3.